The van der Waals surface area contributed by atoms with Gasteiger partial charge in [-0.3, -0.25) is 4.79 Å². The van der Waals surface area contributed by atoms with Gasteiger partial charge >= 0.3 is 0 Å². The quantitative estimate of drug-likeness (QED) is 0.796. The lowest BCUT2D eigenvalue weighted by Crippen LogP contribution is -2.03. The molecule has 0 aliphatic rings. The standard InChI is InChI=1S/C12H9ClFNOS/c1-7-15-6-12(17-7)11(16)4-8-2-3-9(13)5-10(8)14/h2-3,5-6H,4H2,1H3. The minimum atomic E-state index is -0.452. The van der Waals surface area contributed by atoms with Crippen molar-refractivity contribution in [2.24, 2.45) is 0 Å². The summed E-state index contributed by atoms with van der Waals surface area (Å²) in [6.07, 6.45) is 1.56. The first kappa shape index (κ1) is 12.2. The second kappa shape index (κ2) is 4.94. The predicted octanol–water partition coefficient (Wildman–Crippen LogP) is 3.67. The Morgan fingerprint density at radius 2 is 2.29 bits per heavy atom. The molecule has 5 heteroatoms. The van der Waals surface area contributed by atoms with E-state index in [1.807, 2.05) is 6.92 Å². The molecule has 0 atom stereocenters. The molecule has 2 aromatic rings. The number of ketones is 1. The molecule has 0 unspecified atom stereocenters. The molecule has 2 nitrogen and oxygen atoms in total. The highest BCUT2D eigenvalue weighted by Gasteiger charge is 2.13. The molecule has 0 aliphatic carbocycles. The predicted molar refractivity (Wildman–Crippen MR) is 66.3 cm³/mol. The van der Waals surface area contributed by atoms with E-state index in [0.29, 0.717) is 15.5 Å². The smallest absolute Gasteiger partial charge is 0.178 e. The van der Waals surface area contributed by atoms with Crippen LogP contribution in [-0.2, 0) is 6.42 Å². The lowest BCUT2D eigenvalue weighted by atomic mass is 10.1. The molecule has 0 spiro atoms. The average molecular weight is 270 g/mol. The zero-order valence-corrected chi connectivity index (χ0v) is 10.6. The molecule has 0 N–H and O–H groups in total. The lowest BCUT2D eigenvalue weighted by molar-refractivity contribution is 0.0995. The second-order valence-corrected chi connectivity index (χ2v) is 5.25. The zero-order chi connectivity index (χ0) is 12.4. The van der Waals surface area contributed by atoms with Crippen molar-refractivity contribution in [3.63, 3.8) is 0 Å². The number of hydrogen-bond acceptors (Lipinski definition) is 3. The van der Waals surface area contributed by atoms with Gasteiger partial charge < -0.3 is 0 Å². The summed E-state index contributed by atoms with van der Waals surface area (Å²) in [5, 5.41) is 1.15. The summed E-state index contributed by atoms with van der Waals surface area (Å²) in [4.78, 5) is 16.4. The van der Waals surface area contributed by atoms with Crippen LogP contribution in [-0.4, -0.2) is 10.8 Å². The van der Waals surface area contributed by atoms with Crippen LogP contribution < -0.4 is 0 Å². The highest BCUT2D eigenvalue weighted by atomic mass is 35.5. The van der Waals surface area contributed by atoms with Gasteiger partial charge in [0.25, 0.3) is 0 Å². The maximum Gasteiger partial charge on any atom is 0.178 e. The Balaban J connectivity index is 2.18. The molecule has 1 aromatic carbocycles. The molecule has 0 radical (unpaired) electrons. The summed E-state index contributed by atoms with van der Waals surface area (Å²) in [6.45, 7) is 1.82. The van der Waals surface area contributed by atoms with Crippen molar-refractivity contribution in [3.05, 3.63) is 50.7 Å². The first-order chi connectivity index (χ1) is 8.06. The molecule has 2 rings (SSSR count). The topological polar surface area (TPSA) is 30.0 Å². The first-order valence-corrected chi connectivity index (χ1v) is 6.15. The maximum absolute atomic E-state index is 13.5. The number of aromatic nitrogens is 1. The highest BCUT2D eigenvalue weighted by Crippen LogP contribution is 2.18. The minimum absolute atomic E-state index is 0.0324. The third-order valence-electron chi connectivity index (χ3n) is 2.26. The number of benzene rings is 1. The van der Waals surface area contributed by atoms with E-state index in [2.05, 4.69) is 4.98 Å². The Bertz CT molecular complexity index is 567. The molecule has 0 amide bonds. The average Bonchev–Trinajstić information content (AvgIpc) is 2.69. The van der Waals surface area contributed by atoms with Gasteiger partial charge in [0.15, 0.2) is 5.78 Å². The third kappa shape index (κ3) is 2.90. The number of rotatable bonds is 3. The second-order valence-electron chi connectivity index (χ2n) is 3.58. The monoisotopic (exact) mass is 269 g/mol. The molecule has 17 heavy (non-hydrogen) atoms. The number of carbonyl (C=O) groups is 1. The summed E-state index contributed by atoms with van der Waals surface area (Å²) in [7, 11) is 0. The Labute approximate surface area is 107 Å². The fraction of sp³-hybridized carbons (Fsp3) is 0.167. The van der Waals surface area contributed by atoms with Crippen molar-refractivity contribution in [1.82, 2.24) is 4.98 Å². The Kier molecular flexibility index (Phi) is 3.54. The Morgan fingerprint density at radius 1 is 1.53 bits per heavy atom. The van der Waals surface area contributed by atoms with Crippen molar-refractivity contribution < 1.29 is 9.18 Å². The van der Waals surface area contributed by atoms with Crippen LogP contribution in [0.4, 0.5) is 4.39 Å². The van der Waals surface area contributed by atoms with E-state index < -0.39 is 5.82 Å². The fourth-order valence-electron chi connectivity index (χ4n) is 1.42. The Morgan fingerprint density at radius 3 is 2.88 bits per heavy atom. The zero-order valence-electron chi connectivity index (χ0n) is 9.04. The summed E-state index contributed by atoms with van der Waals surface area (Å²) in [5.74, 6) is -0.580. The van der Waals surface area contributed by atoms with E-state index >= 15 is 0 Å². The van der Waals surface area contributed by atoms with E-state index in [4.69, 9.17) is 11.6 Å². The first-order valence-electron chi connectivity index (χ1n) is 4.96. The number of Topliss-reactive ketones (excluding diaryl/α,β-unsaturated/α-hetero) is 1. The molecule has 0 aliphatic heterocycles. The fourth-order valence-corrected chi connectivity index (χ4v) is 2.29. The molecule has 1 aromatic heterocycles. The number of hydrogen-bond donors (Lipinski definition) is 0. The maximum atomic E-state index is 13.5. The number of carbonyl (C=O) groups excluding carboxylic acids is 1. The van der Waals surface area contributed by atoms with Crippen molar-refractivity contribution in [3.8, 4) is 0 Å². The summed E-state index contributed by atoms with van der Waals surface area (Å²) < 4.78 is 13.5. The van der Waals surface area contributed by atoms with E-state index in [-0.39, 0.29) is 12.2 Å². The van der Waals surface area contributed by atoms with Crippen LogP contribution in [0.25, 0.3) is 0 Å². The number of thiazole rings is 1. The van der Waals surface area contributed by atoms with Gasteiger partial charge in [0.1, 0.15) is 5.82 Å². The van der Waals surface area contributed by atoms with Crippen molar-refractivity contribution in [2.45, 2.75) is 13.3 Å². The van der Waals surface area contributed by atoms with Gasteiger partial charge in [-0.1, -0.05) is 17.7 Å². The van der Waals surface area contributed by atoms with Crippen LogP contribution >= 0.6 is 22.9 Å². The summed E-state index contributed by atoms with van der Waals surface area (Å²) in [6, 6.07) is 4.32. The summed E-state index contributed by atoms with van der Waals surface area (Å²) >= 11 is 6.96. The van der Waals surface area contributed by atoms with E-state index in [0.717, 1.165) is 5.01 Å². The van der Waals surface area contributed by atoms with Crippen LogP contribution in [0.2, 0.25) is 5.02 Å². The van der Waals surface area contributed by atoms with Gasteiger partial charge in [-0.25, -0.2) is 9.37 Å². The molecule has 0 bridgehead atoms. The SMILES string of the molecule is Cc1ncc(C(=O)Cc2ccc(Cl)cc2F)s1. The van der Waals surface area contributed by atoms with Crippen molar-refractivity contribution in [2.75, 3.05) is 0 Å². The van der Waals surface area contributed by atoms with Crippen LogP contribution in [0.5, 0.6) is 0 Å². The molecular formula is C12H9ClFNOS. The third-order valence-corrected chi connectivity index (χ3v) is 3.45. The molecule has 0 saturated carbocycles. The van der Waals surface area contributed by atoms with E-state index in [1.165, 1.54) is 29.7 Å². The molecule has 88 valence electrons. The molecule has 0 fully saturated rings. The minimum Gasteiger partial charge on any atom is -0.293 e. The molecular weight excluding hydrogens is 261 g/mol. The van der Waals surface area contributed by atoms with E-state index in [1.54, 1.807) is 6.07 Å². The van der Waals surface area contributed by atoms with Crippen molar-refractivity contribution in [1.29, 1.82) is 0 Å². The number of halogens is 2. The lowest BCUT2D eigenvalue weighted by Gasteiger charge is -2.01. The van der Waals surface area contributed by atoms with Crippen LogP contribution in [0, 0.1) is 12.7 Å². The van der Waals surface area contributed by atoms with Crippen LogP contribution in [0.1, 0.15) is 20.2 Å². The van der Waals surface area contributed by atoms with Gasteiger partial charge in [-0.2, -0.15) is 0 Å². The van der Waals surface area contributed by atoms with Gasteiger partial charge in [0.05, 0.1) is 9.88 Å². The van der Waals surface area contributed by atoms with Gasteiger partial charge in [-0.05, 0) is 24.6 Å². The van der Waals surface area contributed by atoms with Crippen LogP contribution in [0.15, 0.2) is 24.4 Å². The van der Waals surface area contributed by atoms with Crippen molar-refractivity contribution >= 4 is 28.7 Å². The van der Waals surface area contributed by atoms with Crippen LogP contribution in [0.3, 0.4) is 0 Å². The Hall–Kier alpha value is -1.26. The molecule has 1 heterocycles. The number of aryl methyl sites for hydroxylation is 1. The largest absolute Gasteiger partial charge is 0.293 e. The normalized spacial score (nSPS) is 10.5. The number of nitrogens with zero attached hydrogens (tertiary/aromatic N) is 1. The van der Waals surface area contributed by atoms with E-state index in [9.17, 15) is 9.18 Å². The molecule has 0 saturated heterocycles. The van der Waals surface area contributed by atoms with Gasteiger partial charge in [-0.15, -0.1) is 11.3 Å². The van der Waals surface area contributed by atoms with Gasteiger partial charge in [0.2, 0.25) is 0 Å². The van der Waals surface area contributed by atoms with Gasteiger partial charge in [0, 0.05) is 17.6 Å². The summed E-state index contributed by atoms with van der Waals surface area (Å²) in [5.41, 5.74) is 0.352. The highest BCUT2D eigenvalue weighted by molar-refractivity contribution is 7.13.